The molecule has 1 saturated heterocycles. The Bertz CT molecular complexity index is 1130. The number of esters is 1. The minimum Gasteiger partial charge on any atom is -0.497 e. The predicted molar refractivity (Wildman–Crippen MR) is 121 cm³/mol. The molecule has 2 aromatic carbocycles. The standard InChI is InChI=1S/C24H25ClN2O5/c1-15-21(19-14-18(30-2)8-9-20(19)32-15)23(28)27-12-10-26(11-13-27)22(24(29)31-3)16-4-6-17(25)7-5-16/h4-9,14,22H,10-13H2,1-3H3. The summed E-state index contributed by atoms with van der Waals surface area (Å²) < 4.78 is 16.2. The summed E-state index contributed by atoms with van der Waals surface area (Å²) in [5, 5.41) is 1.34. The number of furan rings is 1. The molecular formula is C24H25ClN2O5. The largest absolute Gasteiger partial charge is 0.497 e. The Morgan fingerprint density at radius 3 is 2.34 bits per heavy atom. The van der Waals surface area contributed by atoms with Gasteiger partial charge in [0.2, 0.25) is 0 Å². The van der Waals surface area contributed by atoms with Gasteiger partial charge in [-0.1, -0.05) is 23.7 Å². The lowest BCUT2D eigenvalue weighted by Crippen LogP contribution is -2.51. The predicted octanol–water partition coefficient (Wildman–Crippen LogP) is 4.08. The first-order chi connectivity index (χ1) is 15.4. The van der Waals surface area contributed by atoms with Crippen LogP contribution in [-0.2, 0) is 9.53 Å². The third-order valence-corrected chi connectivity index (χ3v) is 6.11. The monoisotopic (exact) mass is 456 g/mol. The Balaban J connectivity index is 1.53. The number of carbonyl (C=O) groups excluding carboxylic acids is 2. The third kappa shape index (κ3) is 4.18. The fraction of sp³-hybridized carbons (Fsp3) is 0.333. The van der Waals surface area contributed by atoms with Crippen molar-refractivity contribution in [3.8, 4) is 5.75 Å². The van der Waals surface area contributed by atoms with E-state index in [0.717, 1.165) is 10.9 Å². The van der Waals surface area contributed by atoms with Crippen molar-refractivity contribution in [2.45, 2.75) is 13.0 Å². The van der Waals surface area contributed by atoms with Crippen LogP contribution in [0.3, 0.4) is 0 Å². The number of ether oxygens (including phenoxy) is 2. The van der Waals surface area contributed by atoms with E-state index in [1.54, 1.807) is 31.1 Å². The maximum absolute atomic E-state index is 13.4. The van der Waals surface area contributed by atoms with Gasteiger partial charge in [-0.05, 0) is 42.8 Å². The van der Waals surface area contributed by atoms with Gasteiger partial charge in [0, 0.05) is 36.6 Å². The molecule has 0 N–H and O–H groups in total. The quantitative estimate of drug-likeness (QED) is 0.539. The molecule has 1 aliphatic rings. The van der Waals surface area contributed by atoms with E-state index in [1.165, 1.54) is 7.11 Å². The van der Waals surface area contributed by atoms with Gasteiger partial charge in [-0.15, -0.1) is 0 Å². The number of methoxy groups -OCH3 is 2. The topological polar surface area (TPSA) is 72.2 Å². The van der Waals surface area contributed by atoms with Gasteiger partial charge >= 0.3 is 5.97 Å². The molecule has 0 aliphatic carbocycles. The van der Waals surface area contributed by atoms with Crippen molar-refractivity contribution in [3.05, 3.63) is 64.4 Å². The first-order valence-electron chi connectivity index (χ1n) is 10.4. The number of nitrogens with zero attached hydrogens (tertiary/aromatic N) is 2. The van der Waals surface area contributed by atoms with Gasteiger partial charge in [0.1, 0.15) is 23.1 Å². The van der Waals surface area contributed by atoms with Crippen LogP contribution in [0, 0.1) is 6.92 Å². The molecule has 0 bridgehead atoms. The number of hydrogen-bond donors (Lipinski definition) is 0. The Labute approximate surface area is 191 Å². The number of carbonyl (C=O) groups is 2. The van der Waals surface area contributed by atoms with Crippen LogP contribution < -0.4 is 4.74 Å². The normalized spacial score (nSPS) is 15.6. The highest BCUT2D eigenvalue weighted by atomic mass is 35.5. The Morgan fingerprint density at radius 2 is 1.72 bits per heavy atom. The van der Waals surface area contributed by atoms with Crippen molar-refractivity contribution in [3.63, 3.8) is 0 Å². The molecule has 1 atom stereocenters. The molecule has 1 amide bonds. The number of rotatable bonds is 5. The van der Waals surface area contributed by atoms with Gasteiger partial charge in [-0.3, -0.25) is 9.69 Å². The molecule has 1 fully saturated rings. The molecular weight excluding hydrogens is 432 g/mol. The second-order valence-electron chi connectivity index (χ2n) is 7.70. The number of fused-ring (bicyclic) bond motifs is 1. The van der Waals surface area contributed by atoms with Crippen LogP contribution in [0.4, 0.5) is 0 Å². The lowest BCUT2D eigenvalue weighted by atomic mass is 10.0. The van der Waals surface area contributed by atoms with Gasteiger partial charge in [0.15, 0.2) is 0 Å². The molecule has 3 aromatic rings. The Hall–Kier alpha value is -3.03. The molecule has 1 unspecified atom stereocenters. The summed E-state index contributed by atoms with van der Waals surface area (Å²) in [5.41, 5.74) is 2.01. The molecule has 32 heavy (non-hydrogen) atoms. The van der Waals surface area contributed by atoms with Crippen LogP contribution in [-0.4, -0.2) is 62.1 Å². The highest BCUT2D eigenvalue weighted by molar-refractivity contribution is 6.30. The van der Waals surface area contributed by atoms with E-state index in [2.05, 4.69) is 0 Å². The van der Waals surface area contributed by atoms with Crippen LogP contribution in [0.5, 0.6) is 5.75 Å². The van der Waals surface area contributed by atoms with Crippen molar-refractivity contribution < 1.29 is 23.5 Å². The number of benzene rings is 2. The van der Waals surface area contributed by atoms with E-state index in [0.29, 0.717) is 53.9 Å². The highest BCUT2D eigenvalue weighted by Gasteiger charge is 2.33. The molecule has 0 radical (unpaired) electrons. The van der Waals surface area contributed by atoms with Crippen molar-refractivity contribution in [2.24, 2.45) is 0 Å². The fourth-order valence-corrected chi connectivity index (χ4v) is 4.31. The second kappa shape index (κ2) is 9.22. The zero-order valence-electron chi connectivity index (χ0n) is 18.3. The zero-order valence-corrected chi connectivity index (χ0v) is 19.0. The number of aryl methyl sites for hydroxylation is 1. The molecule has 7 nitrogen and oxygen atoms in total. The van der Waals surface area contributed by atoms with Crippen LogP contribution in [0.15, 0.2) is 46.9 Å². The molecule has 4 rings (SSSR count). The average Bonchev–Trinajstić information content (AvgIpc) is 3.15. The first kappa shape index (κ1) is 22.2. The summed E-state index contributed by atoms with van der Waals surface area (Å²) in [6, 6.07) is 12.1. The fourth-order valence-electron chi connectivity index (χ4n) is 4.19. The number of amides is 1. The summed E-state index contributed by atoms with van der Waals surface area (Å²) in [5.74, 6) is 0.821. The van der Waals surface area contributed by atoms with E-state index in [4.69, 9.17) is 25.5 Å². The van der Waals surface area contributed by atoms with Crippen LogP contribution in [0.2, 0.25) is 5.02 Å². The summed E-state index contributed by atoms with van der Waals surface area (Å²) in [7, 11) is 2.97. The van der Waals surface area contributed by atoms with Crippen molar-refractivity contribution in [2.75, 3.05) is 40.4 Å². The van der Waals surface area contributed by atoms with E-state index < -0.39 is 6.04 Å². The van der Waals surface area contributed by atoms with Crippen LogP contribution >= 0.6 is 11.6 Å². The third-order valence-electron chi connectivity index (χ3n) is 5.86. The molecule has 168 valence electrons. The van der Waals surface area contributed by atoms with E-state index in [9.17, 15) is 9.59 Å². The maximum Gasteiger partial charge on any atom is 0.327 e. The number of hydrogen-bond acceptors (Lipinski definition) is 6. The van der Waals surface area contributed by atoms with E-state index in [-0.39, 0.29) is 11.9 Å². The summed E-state index contributed by atoms with van der Waals surface area (Å²) in [4.78, 5) is 29.7. The Morgan fingerprint density at radius 1 is 1.03 bits per heavy atom. The summed E-state index contributed by atoms with van der Waals surface area (Å²) in [6.07, 6.45) is 0. The van der Waals surface area contributed by atoms with Gasteiger partial charge in [-0.2, -0.15) is 0 Å². The van der Waals surface area contributed by atoms with E-state index >= 15 is 0 Å². The smallest absolute Gasteiger partial charge is 0.327 e. The molecule has 1 aliphatic heterocycles. The lowest BCUT2D eigenvalue weighted by Gasteiger charge is -2.38. The minimum atomic E-state index is -0.546. The van der Waals surface area contributed by atoms with Gasteiger partial charge in [-0.25, -0.2) is 4.79 Å². The average molecular weight is 457 g/mol. The Kier molecular flexibility index (Phi) is 6.39. The molecule has 2 heterocycles. The van der Waals surface area contributed by atoms with Crippen molar-refractivity contribution in [1.29, 1.82) is 0 Å². The summed E-state index contributed by atoms with van der Waals surface area (Å²) >= 11 is 6.00. The molecule has 1 aromatic heterocycles. The maximum atomic E-state index is 13.4. The first-order valence-corrected chi connectivity index (χ1v) is 10.7. The molecule has 0 saturated carbocycles. The minimum absolute atomic E-state index is 0.0877. The zero-order chi connectivity index (χ0) is 22.8. The molecule has 8 heteroatoms. The van der Waals surface area contributed by atoms with Gasteiger partial charge in [0.05, 0.1) is 19.8 Å². The highest BCUT2D eigenvalue weighted by Crippen LogP contribution is 2.31. The van der Waals surface area contributed by atoms with Crippen LogP contribution in [0.25, 0.3) is 11.0 Å². The van der Waals surface area contributed by atoms with Crippen molar-refractivity contribution in [1.82, 2.24) is 9.80 Å². The number of piperazine rings is 1. The van der Waals surface area contributed by atoms with Crippen LogP contribution in [0.1, 0.15) is 27.7 Å². The van der Waals surface area contributed by atoms with Gasteiger partial charge in [0.25, 0.3) is 5.91 Å². The SMILES string of the molecule is COC(=O)C(c1ccc(Cl)cc1)N1CCN(C(=O)c2c(C)oc3ccc(OC)cc23)CC1. The summed E-state index contributed by atoms with van der Waals surface area (Å²) in [6.45, 7) is 3.83. The second-order valence-corrected chi connectivity index (χ2v) is 8.14. The van der Waals surface area contributed by atoms with E-state index in [1.807, 2.05) is 35.2 Å². The van der Waals surface area contributed by atoms with Gasteiger partial charge < -0.3 is 18.8 Å². The van der Waals surface area contributed by atoms with Crippen molar-refractivity contribution >= 4 is 34.4 Å². The lowest BCUT2D eigenvalue weighted by molar-refractivity contribution is -0.148. The molecule has 0 spiro atoms. The number of halogens is 1.